The number of amides is 1. The number of oxime groups is 1. The summed E-state index contributed by atoms with van der Waals surface area (Å²) in [5.74, 6) is 0.101. The van der Waals surface area contributed by atoms with Crippen LogP contribution in [0.25, 0.3) is 10.2 Å². The molecule has 216 valence electrons. The molecule has 11 nitrogen and oxygen atoms in total. The number of sulfone groups is 1. The van der Waals surface area contributed by atoms with Gasteiger partial charge in [0, 0.05) is 32.2 Å². The average Bonchev–Trinajstić information content (AvgIpc) is 3.54. The van der Waals surface area contributed by atoms with Crippen LogP contribution in [0.5, 0.6) is 5.75 Å². The number of anilines is 1. The Balaban J connectivity index is 1.54. The SMILES string of the molecule is CNCCOc1ccc2nc(NC(=O)C(=NO[C@@H]3CC[C@@H](O)C3)c3ccc(S(=O)(=O)CCCOC)cc3)sc2c1. The zero-order chi connectivity index (χ0) is 28.5. The molecule has 1 aromatic heterocycles. The molecule has 1 heterocycles. The summed E-state index contributed by atoms with van der Waals surface area (Å²) in [6, 6.07) is 11.5. The second-order valence-corrected chi connectivity index (χ2v) is 12.5. The minimum atomic E-state index is -3.50. The summed E-state index contributed by atoms with van der Waals surface area (Å²) >= 11 is 1.29. The van der Waals surface area contributed by atoms with E-state index < -0.39 is 21.8 Å². The zero-order valence-corrected chi connectivity index (χ0v) is 24.1. The molecule has 3 aromatic rings. The molecule has 2 aromatic carbocycles. The number of aromatic nitrogens is 1. The van der Waals surface area contributed by atoms with Crippen molar-refractivity contribution in [2.45, 2.75) is 42.8 Å². The number of benzene rings is 2. The van der Waals surface area contributed by atoms with Crippen LogP contribution in [0.15, 0.2) is 52.5 Å². The molecule has 0 bridgehead atoms. The Morgan fingerprint density at radius 2 is 1.98 bits per heavy atom. The van der Waals surface area contributed by atoms with Gasteiger partial charge in [0.2, 0.25) is 0 Å². The van der Waals surface area contributed by atoms with E-state index in [2.05, 4.69) is 20.8 Å². The number of ether oxygens (including phenoxy) is 2. The van der Waals surface area contributed by atoms with E-state index in [0.717, 1.165) is 4.70 Å². The van der Waals surface area contributed by atoms with Gasteiger partial charge in [-0.1, -0.05) is 28.6 Å². The van der Waals surface area contributed by atoms with Crippen molar-refractivity contribution in [3.05, 3.63) is 48.0 Å². The Morgan fingerprint density at radius 3 is 2.67 bits per heavy atom. The lowest BCUT2D eigenvalue weighted by Gasteiger charge is -2.11. The summed E-state index contributed by atoms with van der Waals surface area (Å²) < 4.78 is 36.8. The van der Waals surface area contributed by atoms with Gasteiger partial charge in [0.15, 0.2) is 20.7 Å². The Kier molecular flexibility index (Phi) is 10.5. The maximum Gasteiger partial charge on any atom is 0.280 e. The van der Waals surface area contributed by atoms with Gasteiger partial charge < -0.3 is 24.7 Å². The quantitative estimate of drug-likeness (QED) is 0.146. The third-order valence-corrected chi connectivity index (χ3v) is 9.06. The number of hydrogen-bond donors (Lipinski definition) is 3. The first kappa shape index (κ1) is 29.9. The number of fused-ring (bicyclic) bond motifs is 1. The van der Waals surface area contributed by atoms with Gasteiger partial charge in [0.05, 0.1) is 27.0 Å². The summed E-state index contributed by atoms with van der Waals surface area (Å²) in [6.07, 6.45) is 1.24. The predicted molar refractivity (Wildman–Crippen MR) is 154 cm³/mol. The molecule has 1 aliphatic carbocycles. The molecule has 3 N–H and O–H groups in total. The van der Waals surface area contributed by atoms with E-state index in [4.69, 9.17) is 14.3 Å². The van der Waals surface area contributed by atoms with Crippen LogP contribution in [-0.2, 0) is 24.2 Å². The number of nitrogens with zero attached hydrogens (tertiary/aromatic N) is 2. The maximum atomic E-state index is 13.4. The Hall–Kier alpha value is -3.10. The summed E-state index contributed by atoms with van der Waals surface area (Å²) in [5.41, 5.74) is 1.06. The van der Waals surface area contributed by atoms with Crippen molar-refractivity contribution >= 4 is 48.1 Å². The van der Waals surface area contributed by atoms with Gasteiger partial charge in [0.1, 0.15) is 18.5 Å². The normalized spacial score (nSPS) is 17.7. The van der Waals surface area contributed by atoms with Crippen LogP contribution in [-0.4, -0.2) is 82.0 Å². The molecular weight excluding hydrogens is 556 g/mol. The number of aliphatic hydroxyl groups is 1. The molecule has 13 heteroatoms. The van der Waals surface area contributed by atoms with E-state index in [9.17, 15) is 18.3 Å². The number of thiazole rings is 1. The molecule has 1 aliphatic rings. The van der Waals surface area contributed by atoms with Crippen molar-refractivity contribution < 1.29 is 32.6 Å². The molecule has 1 saturated carbocycles. The standard InChI is InChI=1S/C27H34N4O7S2/c1-28-12-14-37-20-8-11-23-24(17-20)39-27(29-23)30-26(33)25(31-38-21-7-6-19(32)16-21)18-4-9-22(10-5-18)40(34,35)15-3-13-36-2/h4-5,8-11,17,19,21,28,32H,3,6-7,12-16H2,1-2H3,(H,29,30,33)/t19-,21-/m1/s1. The van der Waals surface area contributed by atoms with Crippen LogP contribution in [0.1, 0.15) is 31.2 Å². The molecule has 0 saturated heterocycles. The van der Waals surface area contributed by atoms with Crippen molar-refractivity contribution in [1.29, 1.82) is 0 Å². The second-order valence-electron chi connectivity index (χ2n) is 9.38. The molecule has 4 rings (SSSR count). The number of nitrogens with one attached hydrogen (secondary N) is 2. The number of methoxy groups -OCH3 is 1. The van der Waals surface area contributed by atoms with Gasteiger partial charge in [-0.25, -0.2) is 13.4 Å². The number of hydrogen-bond acceptors (Lipinski definition) is 11. The first-order chi connectivity index (χ1) is 19.3. The minimum absolute atomic E-state index is 0.0277. The van der Waals surface area contributed by atoms with Gasteiger partial charge in [-0.05, 0) is 56.6 Å². The highest BCUT2D eigenvalue weighted by molar-refractivity contribution is 7.91. The molecule has 2 atom stereocenters. The van der Waals surface area contributed by atoms with Crippen molar-refractivity contribution in [2.75, 3.05) is 45.0 Å². The summed E-state index contributed by atoms with van der Waals surface area (Å²) in [5, 5.41) is 20.2. The van der Waals surface area contributed by atoms with E-state index in [1.165, 1.54) is 42.7 Å². The van der Waals surface area contributed by atoms with Crippen LogP contribution in [0.2, 0.25) is 0 Å². The van der Waals surface area contributed by atoms with Crippen molar-refractivity contribution in [3.8, 4) is 5.75 Å². The third-order valence-electron chi connectivity index (χ3n) is 6.31. The van der Waals surface area contributed by atoms with Gasteiger partial charge in [0.25, 0.3) is 5.91 Å². The fraction of sp³-hybridized carbons (Fsp3) is 0.444. The van der Waals surface area contributed by atoms with Gasteiger partial charge in [-0.15, -0.1) is 0 Å². The highest BCUT2D eigenvalue weighted by Gasteiger charge is 2.26. The lowest BCUT2D eigenvalue weighted by Crippen LogP contribution is -2.25. The largest absolute Gasteiger partial charge is 0.492 e. The highest BCUT2D eigenvalue weighted by atomic mass is 32.2. The van der Waals surface area contributed by atoms with Crippen LogP contribution in [0.3, 0.4) is 0 Å². The molecule has 0 aliphatic heterocycles. The Labute approximate surface area is 237 Å². The Morgan fingerprint density at radius 1 is 1.18 bits per heavy atom. The van der Waals surface area contributed by atoms with E-state index in [1.807, 2.05) is 25.2 Å². The van der Waals surface area contributed by atoms with Crippen molar-refractivity contribution in [2.24, 2.45) is 5.16 Å². The first-order valence-corrected chi connectivity index (χ1v) is 15.5. The Bertz CT molecular complexity index is 1420. The molecule has 1 amide bonds. The van der Waals surface area contributed by atoms with E-state index in [1.54, 1.807) is 0 Å². The van der Waals surface area contributed by atoms with E-state index >= 15 is 0 Å². The molecule has 0 unspecified atom stereocenters. The number of likely N-dealkylation sites (N-methyl/N-ethyl adjacent to an activating group) is 1. The smallest absolute Gasteiger partial charge is 0.280 e. The number of carbonyl (C=O) groups excluding carboxylic acids is 1. The van der Waals surface area contributed by atoms with Crippen molar-refractivity contribution in [3.63, 3.8) is 0 Å². The fourth-order valence-electron chi connectivity index (χ4n) is 4.17. The monoisotopic (exact) mass is 590 g/mol. The maximum absolute atomic E-state index is 13.4. The molecular formula is C27H34N4O7S2. The second kappa shape index (κ2) is 14.0. The van der Waals surface area contributed by atoms with Gasteiger partial charge in [-0.2, -0.15) is 0 Å². The summed E-state index contributed by atoms with van der Waals surface area (Å²) in [7, 11) is -0.128. The van der Waals surface area contributed by atoms with Crippen LogP contribution in [0, 0.1) is 0 Å². The van der Waals surface area contributed by atoms with Gasteiger partial charge in [-0.3, -0.25) is 10.1 Å². The van der Waals surface area contributed by atoms with Gasteiger partial charge >= 0.3 is 0 Å². The fourth-order valence-corrected chi connectivity index (χ4v) is 6.35. The lowest BCUT2D eigenvalue weighted by atomic mass is 10.1. The average molecular weight is 591 g/mol. The minimum Gasteiger partial charge on any atom is -0.492 e. The summed E-state index contributed by atoms with van der Waals surface area (Å²) in [4.78, 5) is 23.7. The number of carbonyl (C=O) groups is 1. The van der Waals surface area contributed by atoms with Crippen LogP contribution in [0.4, 0.5) is 5.13 Å². The third kappa shape index (κ3) is 7.98. The topological polar surface area (TPSA) is 148 Å². The molecule has 1 fully saturated rings. The van der Waals surface area contributed by atoms with E-state index in [-0.39, 0.29) is 22.5 Å². The van der Waals surface area contributed by atoms with Crippen LogP contribution < -0.4 is 15.4 Å². The van der Waals surface area contributed by atoms with Crippen LogP contribution >= 0.6 is 11.3 Å². The number of rotatable bonds is 14. The van der Waals surface area contributed by atoms with Crippen molar-refractivity contribution in [1.82, 2.24) is 10.3 Å². The van der Waals surface area contributed by atoms with E-state index in [0.29, 0.717) is 67.4 Å². The highest BCUT2D eigenvalue weighted by Crippen LogP contribution is 2.29. The lowest BCUT2D eigenvalue weighted by molar-refractivity contribution is -0.110. The zero-order valence-electron chi connectivity index (χ0n) is 22.5. The first-order valence-electron chi connectivity index (χ1n) is 13.0. The molecule has 0 radical (unpaired) electrons. The predicted octanol–water partition coefficient (Wildman–Crippen LogP) is 2.98. The summed E-state index contributed by atoms with van der Waals surface area (Å²) in [6.45, 7) is 1.58. The number of aliphatic hydroxyl groups excluding tert-OH is 1. The molecule has 40 heavy (non-hydrogen) atoms. The molecule has 0 spiro atoms.